The molecular formula is C17H29IN4O3S2. The zero-order chi connectivity index (χ0) is 18.7. The van der Waals surface area contributed by atoms with Crippen molar-refractivity contribution in [2.75, 3.05) is 57.1 Å². The molecule has 1 aromatic carbocycles. The molecular weight excluding hydrogens is 499 g/mol. The highest BCUT2D eigenvalue weighted by atomic mass is 127. The molecule has 154 valence electrons. The minimum atomic E-state index is -3.20. The van der Waals surface area contributed by atoms with E-state index >= 15 is 0 Å². The standard InChI is InChI=1S/C17H28N4O3S2.HI/c1-18-17(19-7-11-24-15-16-5-3-2-4-6-16)20-8-14-26(22,23)21-9-12-25-13-10-21;/h2-6H,7-15H2,1H3,(H2,18,19,20);1H. The van der Waals surface area contributed by atoms with Crippen molar-refractivity contribution in [3.05, 3.63) is 35.9 Å². The first kappa shape index (κ1) is 24.5. The second-order valence-corrected chi connectivity index (χ2v) is 9.10. The Morgan fingerprint density at radius 1 is 1.19 bits per heavy atom. The predicted octanol–water partition coefficient (Wildman–Crippen LogP) is 1.36. The molecule has 1 aliphatic heterocycles. The summed E-state index contributed by atoms with van der Waals surface area (Å²) < 4.78 is 31.8. The van der Waals surface area contributed by atoms with E-state index in [1.54, 1.807) is 23.1 Å². The Morgan fingerprint density at radius 3 is 2.52 bits per heavy atom. The van der Waals surface area contributed by atoms with Crippen LogP contribution in [0.4, 0.5) is 0 Å². The number of halogens is 1. The summed E-state index contributed by atoms with van der Waals surface area (Å²) in [7, 11) is -1.53. The van der Waals surface area contributed by atoms with Gasteiger partial charge in [0.1, 0.15) is 0 Å². The molecule has 0 radical (unpaired) electrons. The van der Waals surface area contributed by atoms with Gasteiger partial charge in [-0.1, -0.05) is 30.3 Å². The number of rotatable bonds is 9. The predicted molar refractivity (Wildman–Crippen MR) is 124 cm³/mol. The van der Waals surface area contributed by atoms with Gasteiger partial charge in [-0.05, 0) is 5.56 Å². The van der Waals surface area contributed by atoms with Gasteiger partial charge in [0, 0.05) is 44.7 Å². The van der Waals surface area contributed by atoms with Crippen molar-refractivity contribution in [1.29, 1.82) is 0 Å². The summed E-state index contributed by atoms with van der Waals surface area (Å²) >= 11 is 1.80. The lowest BCUT2D eigenvalue weighted by molar-refractivity contribution is 0.125. The third-order valence-electron chi connectivity index (χ3n) is 3.89. The molecule has 10 heteroatoms. The highest BCUT2D eigenvalue weighted by Gasteiger charge is 2.23. The van der Waals surface area contributed by atoms with Crippen LogP contribution in [0.1, 0.15) is 5.56 Å². The Kier molecular flexibility index (Phi) is 12.3. The first-order valence-corrected chi connectivity index (χ1v) is 11.5. The van der Waals surface area contributed by atoms with E-state index in [9.17, 15) is 8.42 Å². The molecule has 0 saturated carbocycles. The normalized spacial score (nSPS) is 15.8. The summed E-state index contributed by atoms with van der Waals surface area (Å²) in [6.07, 6.45) is 0. The number of thioether (sulfide) groups is 1. The second kappa shape index (κ2) is 13.6. The smallest absolute Gasteiger partial charge is 0.215 e. The summed E-state index contributed by atoms with van der Waals surface area (Å²) in [6, 6.07) is 9.99. The van der Waals surface area contributed by atoms with Crippen molar-refractivity contribution in [1.82, 2.24) is 14.9 Å². The number of hydrogen-bond acceptors (Lipinski definition) is 5. The second-order valence-electron chi connectivity index (χ2n) is 5.79. The van der Waals surface area contributed by atoms with Crippen molar-refractivity contribution in [2.24, 2.45) is 4.99 Å². The Hall–Kier alpha value is -0.560. The Morgan fingerprint density at radius 2 is 1.85 bits per heavy atom. The van der Waals surface area contributed by atoms with Gasteiger partial charge in [-0.3, -0.25) is 4.99 Å². The fourth-order valence-electron chi connectivity index (χ4n) is 2.48. The molecule has 0 aromatic heterocycles. The average molecular weight is 528 g/mol. The van der Waals surface area contributed by atoms with E-state index in [1.807, 2.05) is 30.3 Å². The van der Waals surface area contributed by atoms with Gasteiger partial charge in [0.15, 0.2) is 5.96 Å². The maximum atomic E-state index is 12.3. The molecule has 1 saturated heterocycles. The lowest BCUT2D eigenvalue weighted by Crippen LogP contribution is -2.44. The molecule has 0 amide bonds. The largest absolute Gasteiger partial charge is 0.375 e. The molecule has 0 bridgehead atoms. The molecule has 2 rings (SSSR count). The number of benzene rings is 1. The summed E-state index contributed by atoms with van der Waals surface area (Å²) in [5.41, 5.74) is 1.14. The molecule has 1 fully saturated rings. The summed E-state index contributed by atoms with van der Waals surface area (Å²) in [5, 5.41) is 6.17. The molecule has 7 nitrogen and oxygen atoms in total. The Labute approximate surface area is 183 Å². The molecule has 27 heavy (non-hydrogen) atoms. The highest BCUT2D eigenvalue weighted by Crippen LogP contribution is 2.12. The monoisotopic (exact) mass is 528 g/mol. The van der Waals surface area contributed by atoms with Gasteiger partial charge < -0.3 is 15.4 Å². The fraction of sp³-hybridized carbons (Fsp3) is 0.588. The first-order chi connectivity index (χ1) is 12.6. The van der Waals surface area contributed by atoms with Crippen LogP contribution in [0.25, 0.3) is 0 Å². The van der Waals surface area contributed by atoms with Gasteiger partial charge >= 0.3 is 0 Å². The van der Waals surface area contributed by atoms with Gasteiger partial charge in [-0.25, -0.2) is 12.7 Å². The molecule has 2 N–H and O–H groups in total. The van der Waals surface area contributed by atoms with Gasteiger partial charge in [-0.15, -0.1) is 24.0 Å². The first-order valence-electron chi connectivity index (χ1n) is 8.73. The van der Waals surface area contributed by atoms with Crippen molar-refractivity contribution in [3.8, 4) is 0 Å². The molecule has 0 aliphatic carbocycles. The summed E-state index contributed by atoms with van der Waals surface area (Å²) in [4.78, 5) is 4.10. The van der Waals surface area contributed by atoms with E-state index in [2.05, 4.69) is 15.6 Å². The minimum absolute atomic E-state index is 0. The van der Waals surface area contributed by atoms with Crippen LogP contribution in [0.2, 0.25) is 0 Å². The lowest BCUT2D eigenvalue weighted by atomic mass is 10.2. The van der Waals surface area contributed by atoms with E-state index in [1.165, 1.54) is 0 Å². The van der Waals surface area contributed by atoms with E-state index in [-0.39, 0.29) is 29.7 Å². The number of hydrogen-bond donors (Lipinski definition) is 2. The molecule has 0 spiro atoms. The zero-order valence-corrected chi connectivity index (χ0v) is 19.6. The van der Waals surface area contributed by atoms with Crippen LogP contribution in [0.15, 0.2) is 35.3 Å². The zero-order valence-electron chi connectivity index (χ0n) is 15.6. The quantitative estimate of drug-likeness (QED) is 0.218. The summed E-state index contributed by atoms with van der Waals surface area (Å²) in [5.74, 6) is 2.40. The maximum Gasteiger partial charge on any atom is 0.215 e. The van der Waals surface area contributed by atoms with Crippen LogP contribution in [0, 0.1) is 0 Å². The van der Waals surface area contributed by atoms with E-state index in [4.69, 9.17) is 4.74 Å². The molecule has 0 unspecified atom stereocenters. The van der Waals surface area contributed by atoms with Crippen LogP contribution in [-0.2, 0) is 21.4 Å². The van der Waals surface area contributed by atoms with Crippen LogP contribution >= 0.6 is 35.7 Å². The number of guanidine groups is 1. The van der Waals surface area contributed by atoms with Crippen molar-refractivity contribution < 1.29 is 13.2 Å². The number of aliphatic imine (C=N–C) groups is 1. The number of ether oxygens (including phenoxy) is 1. The van der Waals surface area contributed by atoms with E-state index in [0.717, 1.165) is 17.1 Å². The highest BCUT2D eigenvalue weighted by molar-refractivity contribution is 14.0. The van der Waals surface area contributed by atoms with Crippen molar-refractivity contribution in [3.63, 3.8) is 0 Å². The Balaban J connectivity index is 0.00000364. The molecule has 0 atom stereocenters. The molecule has 1 aromatic rings. The van der Waals surface area contributed by atoms with Crippen LogP contribution in [0.3, 0.4) is 0 Å². The topological polar surface area (TPSA) is 83.0 Å². The van der Waals surface area contributed by atoms with Crippen LogP contribution in [0.5, 0.6) is 0 Å². The van der Waals surface area contributed by atoms with E-state index < -0.39 is 10.0 Å². The molecule has 1 heterocycles. The van der Waals surface area contributed by atoms with Gasteiger partial charge in [-0.2, -0.15) is 11.8 Å². The fourth-order valence-corrected chi connectivity index (χ4v) is 4.97. The van der Waals surface area contributed by atoms with Gasteiger partial charge in [0.2, 0.25) is 10.0 Å². The molecule has 1 aliphatic rings. The SMILES string of the molecule is CN=C(NCCOCc1ccccc1)NCCS(=O)(=O)N1CCSCC1.I. The number of nitrogens with one attached hydrogen (secondary N) is 2. The lowest BCUT2D eigenvalue weighted by Gasteiger charge is -2.25. The van der Waals surface area contributed by atoms with Crippen LogP contribution in [-0.4, -0.2) is 75.8 Å². The third kappa shape index (κ3) is 9.46. The minimum Gasteiger partial charge on any atom is -0.375 e. The summed E-state index contributed by atoms with van der Waals surface area (Å²) in [6.45, 7) is 3.26. The number of nitrogens with zero attached hydrogens (tertiary/aromatic N) is 2. The Bertz CT molecular complexity index is 653. The van der Waals surface area contributed by atoms with Crippen molar-refractivity contribution in [2.45, 2.75) is 6.61 Å². The maximum absolute atomic E-state index is 12.3. The average Bonchev–Trinajstić information content (AvgIpc) is 2.68. The van der Waals surface area contributed by atoms with Crippen LogP contribution < -0.4 is 10.6 Å². The van der Waals surface area contributed by atoms with Gasteiger partial charge in [0.05, 0.1) is 19.0 Å². The van der Waals surface area contributed by atoms with E-state index in [0.29, 0.717) is 45.4 Å². The van der Waals surface area contributed by atoms with Gasteiger partial charge in [0.25, 0.3) is 0 Å². The number of sulfonamides is 1. The van der Waals surface area contributed by atoms with Crippen molar-refractivity contribution >= 4 is 51.7 Å². The third-order valence-corrected chi connectivity index (χ3v) is 6.70.